The van der Waals surface area contributed by atoms with Crippen molar-refractivity contribution in [1.82, 2.24) is 9.88 Å². The van der Waals surface area contributed by atoms with E-state index in [2.05, 4.69) is 72.3 Å². The molecular weight excluding hydrogens is 392 g/mol. The Balaban J connectivity index is 1.43. The van der Waals surface area contributed by atoms with Gasteiger partial charge in [-0.25, -0.2) is 0 Å². The Morgan fingerprint density at radius 3 is 2.31 bits per heavy atom. The van der Waals surface area contributed by atoms with Crippen molar-refractivity contribution in [3.63, 3.8) is 0 Å². The van der Waals surface area contributed by atoms with E-state index in [4.69, 9.17) is 0 Å². The van der Waals surface area contributed by atoms with Gasteiger partial charge in [-0.2, -0.15) is 0 Å². The highest BCUT2D eigenvalue weighted by Gasteiger charge is 2.24. The second kappa shape index (κ2) is 8.97. The number of carbonyl (C=O) groups excluding carboxylic acids is 1. The lowest BCUT2D eigenvalue weighted by atomic mass is 9.87. The molecule has 1 amide bonds. The SMILES string of the molecule is CC1CCC(NC(=O)c2ccc(-n3c(-c4ccccc4)cc4c3CCC(C)C4)cc2)CC1. The third-order valence-corrected chi connectivity index (χ3v) is 7.44. The van der Waals surface area contributed by atoms with E-state index in [0.29, 0.717) is 6.04 Å². The summed E-state index contributed by atoms with van der Waals surface area (Å²) in [6.45, 7) is 4.66. The van der Waals surface area contributed by atoms with Crippen LogP contribution in [0.1, 0.15) is 67.6 Å². The Labute approximate surface area is 191 Å². The van der Waals surface area contributed by atoms with Gasteiger partial charge in [0.05, 0.1) is 5.69 Å². The minimum atomic E-state index is 0.0581. The lowest BCUT2D eigenvalue weighted by Crippen LogP contribution is -2.37. The molecule has 1 atom stereocenters. The van der Waals surface area contributed by atoms with Gasteiger partial charge in [0, 0.05) is 23.0 Å². The van der Waals surface area contributed by atoms with Crippen molar-refractivity contribution in [2.45, 2.75) is 64.8 Å². The topological polar surface area (TPSA) is 34.0 Å². The number of hydrogen-bond donors (Lipinski definition) is 1. The third-order valence-electron chi connectivity index (χ3n) is 7.44. The Bertz CT molecular complexity index is 1070. The lowest BCUT2D eigenvalue weighted by Gasteiger charge is -2.27. The van der Waals surface area contributed by atoms with Gasteiger partial charge < -0.3 is 9.88 Å². The van der Waals surface area contributed by atoms with Gasteiger partial charge in [0.15, 0.2) is 0 Å². The van der Waals surface area contributed by atoms with Gasteiger partial charge >= 0.3 is 0 Å². The maximum Gasteiger partial charge on any atom is 0.251 e. The molecule has 1 heterocycles. The predicted molar refractivity (Wildman–Crippen MR) is 131 cm³/mol. The summed E-state index contributed by atoms with van der Waals surface area (Å²) >= 11 is 0. The molecule has 0 saturated heterocycles. The van der Waals surface area contributed by atoms with Crippen molar-refractivity contribution in [3.05, 3.63) is 77.5 Å². The summed E-state index contributed by atoms with van der Waals surface area (Å²) in [5.74, 6) is 1.58. The summed E-state index contributed by atoms with van der Waals surface area (Å²) in [7, 11) is 0. The largest absolute Gasteiger partial charge is 0.349 e. The molecule has 0 radical (unpaired) electrons. The van der Waals surface area contributed by atoms with Crippen molar-refractivity contribution in [2.24, 2.45) is 11.8 Å². The summed E-state index contributed by atoms with van der Waals surface area (Å²) in [6, 6.07) is 21.6. The summed E-state index contributed by atoms with van der Waals surface area (Å²) in [6.07, 6.45) is 8.09. The van der Waals surface area contributed by atoms with Crippen molar-refractivity contribution >= 4 is 5.91 Å². The number of amides is 1. The summed E-state index contributed by atoms with van der Waals surface area (Å²) in [5.41, 5.74) is 7.28. The quantitative estimate of drug-likeness (QED) is 0.502. The Kier molecular flexibility index (Phi) is 5.91. The van der Waals surface area contributed by atoms with E-state index in [1.165, 1.54) is 41.8 Å². The average molecular weight is 427 g/mol. The van der Waals surface area contributed by atoms with Crippen LogP contribution < -0.4 is 5.32 Å². The fourth-order valence-electron chi connectivity index (χ4n) is 5.46. The van der Waals surface area contributed by atoms with Gasteiger partial charge in [-0.15, -0.1) is 0 Å². The number of nitrogens with zero attached hydrogens (tertiary/aromatic N) is 1. The minimum absolute atomic E-state index is 0.0581. The molecule has 5 rings (SSSR count). The first-order valence-electron chi connectivity index (χ1n) is 12.3. The minimum Gasteiger partial charge on any atom is -0.349 e. The number of carbonyl (C=O) groups is 1. The molecule has 0 bridgehead atoms. The first kappa shape index (κ1) is 21.1. The number of rotatable bonds is 4. The van der Waals surface area contributed by atoms with E-state index in [9.17, 15) is 4.79 Å². The molecule has 1 saturated carbocycles. The van der Waals surface area contributed by atoms with Crippen LogP contribution in [0.5, 0.6) is 0 Å². The van der Waals surface area contributed by atoms with Gasteiger partial charge in [0.25, 0.3) is 5.91 Å². The van der Waals surface area contributed by atoms with Crippen molar-refractivity contribution < 1.29 is 4.79 Å². The summed E-state index contributed by atoms with van der Waals surface area (Å²) in [4.78, 5) is 12.8. The number of fused-ring (bicyclic) bond motifs is 1. The fourth-order valence-corrected chi connectivity index (χ4v) is 5.46. The summed E-state index contributed by atoms with van der Waals surface area (Å²) in [5, 5.41) is 3.26. The molecule has 32 heavy (non-hydrogen) atoms. The van der Waals surface area contributed by atoms with Gasteiger partial charge in [0.2, 0.25) is 0 Å². The van der Waals surface area contributed by atoms with Crippen LogP contribution in [0.3, 0.4) is 0 Å². The average Bonchev–Trinajstić information content (AvgIpc) is 3.20. The third kappa shape index (κ3) is 4.26. The molecule has 166 valence electrons. The molecule has 2 aliphatic rings. The molecular formula is C29H34N2O. The van der Waals surface area contributed by atoms with Gasteiger partial charge in [0.1, 0.15) is 0 Å². The van der Waals surface area contributed by atoms with Crippen LogP contribution in [0.25, 0.3) is 16.9 Å². The second-order valence-corrected chi connectivity index (χ2v) is 10.0. The van der Waals surface area contributed by atoms with Crippen molar-refractivity contribution in [2.75, 3.05) is 0 Å². The molecule has 0 aliphatic heterocycles. The molecule has 2 aliphatic carbocycles. The van der Waals surface area contributed by atoms with Crippen LogP contribution in [0.2, 0.25) is 0 Å². The smallest absolute Gasteiger partial charge is 0.251 e. The van der Waals surface area contributed by atoms with Crippen molar-refractivity contribution in [1.29, 1.82) is 0 Å². The highest BCUT2D eigenvalue weighted by atomic mass is 16.1. The van der Waals surface area contributed by atoms with Crippen LogP contribution >= 0.6 is 0 Å². The molecule has 3 nitrogen and oxygen atoms in total. The maximum atomic E-state index is 12.8. The number of aromatic nitrogens is 1. The summed E-state index contributed by atoms with van der Waals surface area (Å²) < 4.78 is 2.42. The Hall–Kier alpha value is -2.81. The zero-order chi connectivity index (χ0) is 22.1. The monoisotopic (exact) mass is 426 g/mol. The highest BCUT2D eigenvalue weighted by Crippen LogP contribution is 2.35. The standard InChI is InChI=1S/C29H34N2O/c1-20-8-13-25(14-9-20)30-29(32)23-11-15-26(16-12-23)31-27-17-10-21(2)18-24(27)19-28(31)22-6-4-3-5-7-22/h3-7,11-12,15-16,19-21,25H,8-10,13-14,17-18H2,1-2H3,(H,30,32). The van der Waals surface area contributed by atoms with Crippen LogP contribution in [0.4, 0.5) is 0 Å². The van der Waals surface area contributed by atoms with Crippen LogP contribution in [-0.4, -0.2) is 16.5 Å². The van der Waals surface area contributed by atoms with Gasteiger partial charge in [-0.1, -0.05) is 44.2 Å². The first-order chi connectivity index (χ1) is 15.6. The zero-order valence-corrected chi connectivity index (χ0v) is 19.3. The molecule has 1 unspecified atom stereocenters. The molecule has 3 heteroatoms. The van der Waals surface area contributed by atoms with Crippen LogP contribution in [-0.2, 0) is 12.8 Å². The predicted octanol–water partition coefficient (Wildman–Crippen LogP) is 6.58. The molecule has 1 aromatic heterocycles. The molecule has 0 spiro atoms. The molecule has 1 N–H and O–H groups in total. The van der Waals surface area contributed by atoms with E-state index < -0.39 is 0 Å². The lowest BCUT2D eigenvalue weighted by molar-refractivity contribution is 0.0923. The number of nitrogens with one attached hydrogen (secondary N) is 1. The zero-order valence-electron chi connectivity index (χ0n) is 19.3. The first-order valence-corrected chi connectivity index (χ1v) is 12.3. The number of hydrogen-bond acceptors (Lipinski definition) is 1. The van der Waals surface area contributed by atoms with Crippen molar-refractivity contribution in [3.8, 4) is 16.9 Å². The second-order valence-electron chi connectivity index (χ2n) is 10.0. The van der Waals surface area contributed by atoms with E-state index >= 15 is 0 Å². The maximum absolute atomic E-state index is 12.8. The van der Waals surface area contributed by atoms with Gasteiger partial charge in [-0.05, 0) is 98.2 Å². The molecule has 1 fully saturated rings. The van der Waals surface area contributed by atoms with Crippen LogP contribution in [0.15, 0.2) is 60.7 Å². The van der Waals surface area contributed by atoms with E-state index in [1.54, 1.807) is 0 Å². The molecule has 2 aromatic carbocycles. The molecule has 3 aromatic rings. The van der Waals surface area contributed by atoms with Gasteiger partial charge in [-0.3, -0.25) is 4.79 Å². The van der Waals surface area contributed by atoms with E-state index in [1.807, 2.05) is 12.1 Å². The van der Waals surface area contributed by atoms with E-state index in [-0.39, 0.29) is 5.91 Å². The van der Waals surface area contributed by atoms with E-state index in [0.717, 1.165) is 48.8 Å². The fraction of sp³-hybridized carbons (Fsp3) is 0.414. The highest BCUT2D eigenvalue weighted by molar-refractivity contribution is 5.94. The normalized spacial score (nSPS) is 22.9. The van der Waals surface area contributed by atoms with Crippen LogP contribution in [0, 0.1) is 11.8 Å². The number of benzene rings is 2. The Morgan fingerprint density at radius 2 is 1.59 bits per heavy atom. The Morgan fingerprint density at radius 1 is 0.875 bits per heavy atom.